The molecule has 0 aromatic carbocycles. The Balaban J connectivity index is 2.05. The van der Waals surface area contributed by atoms with Gasteiger partial charge in [0.25, 0.3) is 0 Å². The molecule has 0 radical (unpaired) electrons. The minimum Gasteiger partial charge on any atom is -0.339 e. The number of hydrogen-bond acceptors (Lipinski definition) is 4. The molecule has 0 aliphatic carbocycles. The molecule has 0 unspecified atom stereocenters. The maximum Gasteiger partial charge on any atom is 0.228 e. The van der Waals surface area contributed by atoms with Crippen LogP contribution in [0.4, 0.5) is 0 Å². The summed E-state index contributed by atoms with van der Waals surface area (Å²) in [5.41, 5.74) is 1.06. The van der Waals surface area contributed by atoms with E-state index in [1.807, 2.05) is 17.7 Å². The van der Waals surface area contributed by atoms with Crippen molar-refractivity contribution < 1.29 is 4.52 Å². The fourth-order valence-corrected chi connectivity index (χ4v) is 1.69. The van der Waals surface area contributed by atoms with Crippen LogP contribution in [0.5, 0.6) is 0 Å². The Hall–Kier alpha value is -1.43. The van der Waals surface area contributed by atoms with Gasteiger partial charge in [-0.1, -0.05) is 5.16 Å². The van der Waals surface area contributed by atoms with Crippen LogP contribution in [-0.2, 0) is 13.0 Å². The summed E-state index contributed by atoms with van der Waals surface area (Å²) in [5.74, 6) is 1.31. The predicted molar refractivity (Wildman–Crippen MR) is 57.1 cm³/mol. The molecule has 0 fully saturated rings. The fraction of sp³-hybridized carbons (Fsp3) is 0.444. The second-order valence-corrected chi connectivity index (χ2v) is 3.81. The van der Waals surface area contributed by atoms with Crippen LogP contribution < -0.4 is 0 Å². The number of aromatic nitrogens is 4. The van der Waals surface area contributed by atoms with Gasteiger partial charge in [-0.25, -0.2) is 0 Å². The lowest BCUT2D eigenvalue weighted by Gasteiger charge is -1.97. The normalized spacial score (nSPS) is 10.8. The lowest BCUT2D eigenvalue weighted by molar-refractivity contribution is 0.368. The molecule has 0 atom stereocenters. The van der Waals surface area contributed by atoms with Gasteiger partial charge in [-0.3, -0.25) is 0 Å². The summed E-state index contributed by atoms with van der Waals surface area (Å²) in [5, 5.41) is 3.73. The summed E-state index contributed by atoms with van der Waals surface area (Å²) in [6.45, 7) is 4.53. The topological polar surface area (TPSA) is 59.6 Å². The van der Waals surface area contributed by atoms with Crippen molar-refractivity contribution >= 4 is 12.2 Å². The first-order valence-electron chi connectivity index (χ1n) is 4.70. The molecule has 2 rings (SSSR count). The Kier molecular flexibility index (Phi) is 2.68. The summed E-state index contributed by atoms with van der Waals surface area (Å²) in [6, 6.07) is 0. The van der Waals surface area contributed by atoms with Crippen LogP contribution in [0.15, 0.2) is 10.7 Å². The Labute approximate surface area is 92.1 Å². The van der Waals surface area contributed by atoms with Crippen LogP contribution in [0.2, 0.25) is 0 Å². The van der Waals surface area contributed by atoms with Gasteiger partial charge in [0.05, 0.1) is 0 Å². The van der Waals surface area contributed by atoms with Gasteiger partial charge in [-0.2, -0.15) is 4.98 Å². The maximum atomic E-state index is 5.13. The minimum absolute atomic E-state index is 0.647. The van der Waals surface area contributed by atoms with Crippen LogP contribution in [-0.4, -0.2) is 19.7 Å². The SMILES string of the molecule is Cc1noc(CCn2cc(C)[nH]c2=S)n1. The van der Waals surface area contributed by atoms with Gasteiger partial charge in [-0.15, -0.1) is 0 Å². The Morgan fingerprint density at radius 2 is 2.33 bits per heavy atom. The van der Waals surface area contributed by atoms with E-state index < -0.39 is 0 Å². The quantitative estimate of drug-likeness (QED) is 0.807. The van der Waals surface area contributed by atoms with Crippen LogP contribution in [0.3, 0.4) is 0 Å². The van der Waals surface area contributed by atoms with Crippen LogP contribution >= 0.6 is 12.2 Å². The van der Waals surface area contributed by atoms with E-state index in [0.29, 0.717) is 18.1 Å². The first-order chi connectivity index (χ1) is 7.15. The van der Waals surface area contributed by atoms with E-state index in [0.717, 1.165) is 17.0 Å². The summed E-state index contributed by atoms with van der Waals surface area (Å²) < 4.78 is 7.70. The highest BCUT2D eigenvalue weighted by Crippen LogP contribution is 2.02. The molecule has 0 saturated heterocycles. The molecule has 6 heteroatoms. The highest BCUT2D eigenvalue weighted by molar-refractivity contribution is 7.71. The van der Waals surface area contributed by atoms with Crippen LogP contribution in [0.1, 0.15) is 17.4 Å². The summed E-state index contributed by atoms with van der Waals surface area (Å²) in [4.78, 5) is 7.19. The van der Waals surface area contributed by atoms with E-state index in [4.69, 9.17) is 16.7 Å². The molecular formula is C9H12N4OS. The van der Waals surface area contributed by atoms with Gasteiger partial charge in [0.15, 0.2) is 10.6 Å². The number of aromatic amines is 1. The zero-order valence-corrected chi connectivity index (χ0v) is 9.47. The van der Waals surface area contributed by atoms with Crippen molar-refractivity contribution in [2.45, 2.75) is 26.8 Å². The zero-order chi connectivity index (χ0) is 10.8. The Morgan fingerprint density at radius 1 is 1.53 bits per heavy atom. The molecule has 0 saturated carbocycles. The average molecular weight is 224 g/mol. The standard InChI is InChI=1S/C9H12N4OS/c1-6-5-13(9(15)10-6)4-3-8-11-7(2)12-14-8/h5H,3-4H2,1-2H3,(H,10,15). The van der Waals surface area contributed by atoms with E-state index in [9.17, 15) is 0 Å². The molecule has 1 N–H and O–H groups in total. The maximum absolute atomic E-state index is 5.13. The molecule has 2 aromatic heterocycles. The van der Waals surface area contributed by atoms with Gasteiger partial charge < -0.3 is 14.1 Å². The number of nitrogens with zero attached hydrogens (tertiary/aromatic N) is 3. The predicted octanol–water partition coefficient (Wildman–Crippen LogP) is 1.79. The van der Waals surface area contributed by atoms with Crippen LogP contribution in [0, 0.1) is 18.6 Å². The Morgan fingerprint density at radius 3 is 2.87 bits per heavy atom. The molecule has 0 amide bonds. The number of hydrogen-bond donors (Lipinski definition) is 1. The third kappa shape index (κ3) is 2.33. The van der Waals surface area contributed by atoms with Gasteiger partial charge >= 0.3 is 0 Å². The van der Waals surface area contributed by atoms with Crippen molar-refractivity contribution in [1.29, 1.82) is 0 Å². The van der Waals surface area contributed by atoms with E-state index in [2.05, 4.69) is 15.1 Å². The second kappa shape index (κ2) is 3.98. The van der Waals surface area contributed by atoms with Gasteiger partial charge in [0, 0.05) is 24.9 Å². The van der Waals surface area contributed by atoms with Gasteiger partial charge in [-0.05, 0) is 26.1 Å². The van der Waals surface area contributed by atoms with E-state index >= 15 is 0 Å². The van der Waals surface area contributed by atoms with Crippen molar-refractivity contribution in [2.75, 3.05) is 0 Å². The minimum atomic E-state index is 0.647. The first kappa shape index (κ1) is 10.1. The molecule has 5 nitrogen and oxygen atoms in total. The molecule has 0 aliphatic rings. The summed E-state index contributed by atoms with van der Waals surface area (Å²) in [6.07, 6.45) is 2.68. The number of aryl methyl sites for hydroxylation is 4. The van der Waals surface area contributed by atoms with Crippen LogP contribution in [0.25, 0.3) is 0 Å². The van der Waals surface area contributed by atoms with E-state index in [1.165, 1.54) is 0 Å². The fourth-order valence-electron chi connectivity index (χ4n) is 1.39. The molecule has 0 bridgehead atoms. The molecule has 2 aromatic rings. The molecular weight excluding hydrogens is 212 g/mol. The van der Waals surface area contributed by atoms with Crippen molar-refractivity contribution in [2.24, 2.45) is 0 Å². The third-order valence-corrected chi connectivity index (χ3v) is 2.39. The number of imidazole rings is 1. The molecule has 80 valence electrons. The third-order valence-electron chi connectivity index (χ3n) is 2.05. The largest absolute Gasteiger partial charge is 0.339 e. The number of nitrogens with one attached hydrogen (secondary N) is 1. The number of H-pyrrole nitrogens is 1. The molecule has 2 heterocycles. The Bertz CT molecular complexity index is 510. The monoisotopic (exact) mass is 224 g/mol. The lowest BCUT2D eigenvalue weighted by atomic mass is 10.4. The summed E-state index contributed by atoms with van der Waals surface area (Å²) >= 11 is 5.13. The molecule has 15 heavy (non-hydrogen) atoms. The van der Waals surface area contributed by atoms with Crippen molar-refractivity contribution in [3.63, 3.8) is 0 Å². The molecule has 0 aliphatic heterocycles. The van der Waals surface area contributed by atoms with E-state index in [1.54, 1.807) is 6.92 Å². The highest BCUT2D eigenvalue weighted by atomic mass is 32.1. The van der Waals surface area contributed by atoms with Gasteiger partial charge in [0.1, 0.15) is 0 Å². The number of rotatable bonds is 3. The van der Waals surface area contributed by atoms with Gasteiger partial charge in [0.2, 0.25) is 5.89 Å². The average Bonchev–Trinajstić information content (AvgIpc) is 2.70. The second-order valence-electron chi connectivity index (χ2n) is 3.42. The van der Waals surface area contributed by atoms with E-state index in [-0.39, 0.29) is 0 Å². The lowest BCUT2D eigenvalue weighted by Crippen LogP contribution is -2.00. The van der Waals surface area contributed by atoms with Crippen molar-refractivity contribution in [3.8, 4) is 0 Å². The van der Waals surface area contributed by atoms with Crippen molar-refractivity contribution in [3.05, 3.63) is 28.4 Å². The van der Waals surface area contributed by atoms with Crippen molar-refractivity contribution in [1.82, 2.24) is 19.7 Å². The highest BCUT2D eigenvalue weighted by Gasteiger charge is 2.03. The zero-order valence-electron chi connectivity index (χ0n) is 8.65. The smallest absolute Gasteiger partial charge is 0.228 e. The summed E-state index contributed by atoms with van der Waals surface area (Å²) in [7, 11) is 0. The molecule has 0 spiro atoms. The first-order valence-corrected chi connectivity index (χ1v) is 5.11.